The maximum atomic E-state index is 12.2. The van der Waals surface area contributed by atoms with E-state index in [0.29, 0.717) is 41.9 Å². The predicted molar refractivity (Wildman–Crippen MR) is 74.9 cm³/mol. The fourth-order valence-corrected chi connectivity index (χ4v) is 3.93. The summed E-state index contributed by atoms with van der Waals surface area (Å²) in [4.78, 5) is 0. The van der Waals surface area contributed by atoms with E-state index in [1.54, 1.807) is 18.2 Å². The van der Waals surface area contributed by atoms with Crippen molar-refractivity contribution in [1.82, 2.24) is 0 Å². The number of rotatable bonds is 3. The molecule has 0 bridgehead atoms. The van der Waals surface area contributed by atoms with E-state index in [2.05, 4.69) is 20.7 Å². The van der Waals surface area contributed by atoms with Crippen LogP contribution in [0, 0.1) is 0 Å². The smallest absolute Gasteiger partial charge is 0.235 e. The Kier molecular flexibility index (Phi) is 4.14. The first-order chi connectivity index (χ1) is 8.49. The molecule has 0 unspecified atom stereocenters. The van der Waals surface area contributed by atoms with Crippen molar-refractivity contribution in [2.75, 3.05) is 23.7 Å². The van der Waals surface area contributed by atoms with Crippen LogP contribution in [0.5, 0.6) is 0 Å². The fourth-order valence-electron chi connectivity index (χ4n) is 1.84. The van der Waals surface area contributed by atoms with Crippen LogP contribution in [0.3, 0.4) is 0 Å². The van der Waals surface area contributed by atoms with Crippen molar-refractivity contribution < 1.29 is 13.2 Å². The Labute approximate surface area is 115 Å². The van der Waals surface area contributed by atoms with Crippen LogP contribution >= 0.6 is 15.9 Å². The molecule has 1 heterocycles. The largest absolute Gasteiger partial charge is 0.399 e. The number of nitrogens with one attached hydrogen (secondary N) is 1. The molecule has 0 spiro atoms. The van der Waals surface area contributed by atoms with Crippen LogP contribution in [0.1, 0.15) is 12.8 Å². The SMILES string of the molecule is Nc1ccc(NS(=O)(=O)C2CCOCC2)c(Br)c1. The summed E-state index contributed by atoms with van der Waals surface area (Å²) in [5.74, 6) is 0. The van der Waals surface area contributed by atoms with Gasteiger partial charge in [0.05, 0.1) is 10.9 Å². The second kappa shape index (κ2) is 5.46. The number of benzene rings is 1. The Morgan fingerprint density at radius 3 is 2.61 bits per heavy atom. The predicted octanol–water partition coefficient (Wildman–Crippen LogP) is 1.95. The molecule has 3 N–H and O–H groups in total. The van der Waals surface area contributed by atoms with Crippen molar-refractivity contribution in [2.45, 2.75) is 18.1 Å². The van der Waals surface area contributed by atoms with E-state index in [1.165, 1.54) is 0 Å². The number of halogens is 1. The minimum Gasteiger partial charge on any atom is -0.399 e. The number of nitrogens with two attached hydrogens (primary N) is 1. The number of hydrogen-bond donors (Lipinski definition) is 2. The van der Waals surface area contributed by atoms with Gasteiger partial charge >= 0.3 is 0 Å². The van der Waals surface area contributed by atoms with Crippen LogP contribution < -0.4 is 10.5 Å². The van der Waals surface area contributed by atoms with Gasteiger partial charge in [-0.1, -0.05) is 0 Å². The molecule has 1 fully saturated rings. The van der Waals surface area contributed by atoms with Gasteiger partial charge in [-0.2, -0.15) is 0 Å². The Morgan fingerprint density at radius 2 is 2.00 bits per heavy atom. The van der Waals surface area contributed by atoms with Crippen molar-refractivity contribution in [3.8, 4) is 0 Å². The van der Waals surface area contributed by atoms with Crippen LogP contribution in [-0.4, -0.2) is 26.9 Å². The van der Waals surface area contributed by atoms with Gasteiger partial charge < -0.3 is 10.5 Å². The monoisotopic (exact) mass is 334 g/mol. The van der Waals surface area contributed by atoms with Crippen molar-refractivity contribution >= 4 is 37.3 Å². The van der Waals surface area contributed by atoms with Gasteiger partial charge in [0.25, 0.3) is 0 Å². The summed E-state index contributed by atoms with van der Waals surface area (Å²) in [7, 11) is -3.37. The first kappa shape index (κ1) is 13.6. The van der Waals surface area contributed by atoms with Crippen molar-refractivity contribution in [3.63, 3.8) is 0 Å². The molecule has 0 saturated carbocycles. The first-order valence-electron chi connectivity index (χ1n) is 5.63. The molecular weight excluding hydrogens is 320 g/mol. The highest BCUT2D eigenvalue weighted by molar-refractivity contribution is 9.10. The molecule has 1 aliphatic heterocycles. The van der Waals surface area contributed by atoms with E-state index in [0.717, 1.165) is 0 Å². The van der Waals surface area contributed by atoms with Gasteiger partial charge in [0.1, 0.15) is 0 Å². The maximum absolute atomic E-state index is 12.2. The Balaban J connectivity index is 2.16. The Bertz CT molecular complexity index is 527. The van der Waals surface area contributed by atoms with Crippen LogP contribution in [0.2, 0.25) is 0 Å². The molecule has 2 rings (SSSR count). The first-order valence-corrected chi connectivity index (χ1v) is 7.97. The number of ether oxygens (including phenoxy) is 1. The highest BCUT2D eigenvalue weighted by atomic mass is 79.9. The number of anilines is 2. The molecular formula is C11H15BrN2O3S. The fraction of sp³-hybridized carbons (Fsp3) is 0.455. The lowest BCUT2D eigenvalue weighted by Gasteiger charge is -2.23. The summed E-state index contributed by atoms with van der Waals surface area (Å²) in [6.45, 7) is 0.989. The summed E-state index contributed by atoms with van der Waals surface area (Å²) in [6, 6.07) is 4.98. The van der Waals surface area contributed by atoms with Crippen LogP contribution in [-0.2, 0) is 14.8 Å². The van der Waals surface area contributed by atoms with Crippen LogP contribution in [0.4, 0.5) is 11.4 Å². The lowest BCUT2D eigenvalue weighted by atomic mass is 10.2. The lowest BCUT2D eigenvalue weighted by Crippen LogP contribution is -2.33. The van der Waals surface area contributed by atoms with Crippen molar-refractivity contribution in [2.24, 2.45) is 0 Å². The van der Waals surface area contributed by atoms with E-state index in [9.17, 15) is 8.42 Å². The summed E-state index contributed by atoms with van der Waals surface area (Å²) < 4.78 is 32.7. The van der Waals surface area contributed by atoms with Crippen LogP contribution in [0.25, 0.3) is 0 Å². The lowest BCUT2D eigenvalue weighted by molar-refractivity contribution is 0.0984. The zero-order valence-electron chi connectivity index (χ0n) is 9.73. The Morgan fingerprint density at radius 1 is 1.33 bits per heavy atom. The van der Waals surface area contributed by atoms with Gasteiger partial charge in [-0.3, -0.25) is 4.72 Å². The summed E-state index contributed by atoms with van der Waals surface area (Å²) >= 11 is 3.29. The average Bonchev–Trinajstić information content (AvgIpc) is 2.34. The summed E-state index contributed by atoms with van der Waals surface area (Å²) in [5.41, 5.74) is 6.70. The second-order valence-electron chi connectivity index (χ2n) is 4.20. The quantitative estimate of drug-likeness (QED) is 0.828. The average molecular weight is 335 g/mol. The molecule has 7 heteroatoms. The molecule has 100 valence electrons. The molecule has 18 heavy (non-hydrogen) atoms. The van der Waals surface area contributed by atoms with E-state index in [-0.39, 0.29) is 0 Å². The number of hydrogen-bond acceptors (Lipinski definition) is 4. The second-order valence-corrected chi connectivity index (χ2v) is 7.01. The molecule has 0 amide bonds. The maximum Gasteiger partial charge on any atom is 0.235 e. The molecule has 0 aromatic heterocycles. The van der Waals surface area contributed by atoms with Gasteiger partial charge in [-0.25, -0.2) is 8.42 Å². The van der Waals surface area contributed by atoms with E-state index in [1.807, 2.05) is 0 Å². The van der Waals surface area contributed by atoms with E-state index >= 15 is 0 Å². The normalized spacial score (nSPS) is 17.6. The molecule has 0 aliphatic carbocycles. The zero-order valence-corrected chi connectivity index (χ0v) is 12.1. The third-order valence-corrected chi connectivity index (χ3v) is 5.36. The van der Waals surface area contributed by atoms with Gasteiger partial charge in [0.15, 0.2) is 0 Å². The molecule has 0 atom stereocenters. The van der Waals surface area contributed by atoms with Crippen molar-refractivity contribution in [1.29, 1.82) is 0 Å². The van der Waals surface area contributed by atoms with Gasteiger partial charge in [-0.05, 0) is 47.0 Å². The topological polar surface area (TPSA) is 81.4 Å². The minimum absolute atomic E-state index is 0.393. The highest BCUT2D eigenvalue weighted by Crippen LogP contribution is 2.27. The standard InChI is InChI=1S/C11H15BrN2O3S/c12-10-7-8(13)1-2-11(10)14-18(15,16)9-3-5-17-6-4-9/h1-2,7,9,14H,3-6,13H2. The molecule has 1 aromatic rings. The van der Waals surface area contributed by atoms with Crippen LogP contribution in [0.15, 0.2) is 22.7 Å². The number of sulfonamides is 1. The molecule has 5 nitrogen and oxygen atoms in total. The highest BCUT2D eigenvalue weighted by Gasteiger charge is 2.28. The summed E-state index contributed by atoms with van der Waals surface area (Å²) in [6.07, 6.45) is 1.06. The minimum atomic E-state index is -3.37. The Hall–Kier alpha value is -0.790. The number of nitrogen functional groups attached to an aromatic ring is 1. The third-order valence-electron chi connectivity index (χ3n) is 2.85. The molecule has 1 aliphatic rings. The third kappa shape index (κ3) is 3.15. The van der Waals surface area contributed by atoms with E-state index < -0.39 is 15.3 Å². The molecule has 0 radical (unpaired) electrons. The van der Waals surface area contributed by atoms with E-state index in [4.69, 9.17) is 10.5 Å². The zero-order chi connectivity index (χ0) is 13.2. The van der Waals surface area contributed by atoms with Crippen molar-refractivity contribution in [3.05, 3.63) is 22.7 Å². The van der Waals surface area contributed by atoms with Gasteiger partial charge in [0, 0.05) is 23.4 Å². The molecule has 1 aromatic carbocycles. The summed E-state index contributed by atoms with van der Waals surface area (Å²) in [5, 5.41) is -0.393. The van der Waals surface area contributed by atoms with Gasteiger partial charge in [-0.15, -0.1) is 0 Å². The molecule has 1 saturated heterocycles. The van der Waals surface area contributed by atoms with Gasteiger partial charge in [0.2, 0.25) is 10.0 Å².